The lowest BCUT2D eigenvalue weighted by molar-refractivity contribution is -0.120. The maximum atomic E-state index is 14.0. The summed E-state index contributed by atoms with van der Waals surface area (Å²) >= 11 is 0. The van der Waals surface area contributed by atoms with Gasteiger partial charge in [0.2, 0.25) is 0 Å². The standard InChI is InChI=1S/C27H46F2N2O4/c28-22(17-13-9-5-1-3-7-11-15-19-32)26(34)30-24-21-25(24)31-27(35)23(29)18-14-10-6-2-4-8-12-16-20-33/h17-18,24-25,32-33H,1-16,19-21H2,(H,30,34)(H,31,35)/t24-,25+. The van der Waals surface area contributed by atoms with Gasteiger partial charge in [0.1, 0.15) is 0 Å². The highest BCUT2D eigenvalue weighted by atomic mass is 19.1. The van der Waals surface area contributed by atoms with Crippen LogP contribution in [-0.2, 0) is 9.59 Å². The van der Waals surface area contributed by atoms with Gasteiger partial charge in [-0.15, -0.1) is 0 Å². The van der Waals surface area contributed by atoms with Crippen LogP contribution in [0.3, 0.4) is 0 Å². The SMILES string of the molecule is O=C(N[C@H]1C[C@H]1NC(=O)C(F)=CCCCCCCCCCO)C(F)=CCCCCCCCCCO. The summed E-state index contributed by atoms with van der Waals surface area (Å²) in [5.74, 6) is -3.21. The number of amides is 2. The summed E-state index contributed by atoms with van der Waals surface area (Å²) in [6.07, 6.45) is 17.9. The van der Waals surface area contributed by atoms with Crippen LogP contribution in [0.25, 0.3) is 0 Å². The van der Waals surface area contributed by atoms with Gasteiger partial charge in [-0.3, -0.25) is 9.59 Å². The van der Waals surface area contributed by atoms with Crippen LogP contribution in [0.15, 0.2) is 23.8 Å². The number of unbranched alkanes of at least 4 members (excludes halogenated alkanes) is 14. The highest BCUT2D eigenvalue weighted by Gasteiger charge is 2.40. The molecule has 202 valence electrons. The van der Waals surface area contributed by atoms with Crippen molar-refractivity contribution in [1.29, 1.82) is 0 Å². The number of carbonyl (C=O) groups is 2. The molecule has 8 heteroatoms. The zero-order valence-electron chi connectivity index (χ0n) is 21.2. The first-order chi connectivity index (χ1) is 17.0. The molecular formula is C27H46F2N2O4. The summed E-state index contributed by atoms with van der Waals surface area (Å²) in [5.41, 5.74) is 0. The first-order valence-corrected chi connectivity index (χ1v) is 13.5. The van der Waals surface area contributed by atoms with Crippen LogP contribution < -0.4 is 10.6 Å². The van der Waals surface area contributed by atoms with Crippen molar-refractivity contribution >= 4 is 11.8 Å². The Kier molecular flexibility index (Phi) is 18.2. The summed E-state index contributed by atoms with van der Waals surface area (Å²) in [7, 11) is 0. The van der Waals surface area contributed by atoms with Gasteiger partial charge in [0, 0.05) is 13.2 Å². The van der Waals surface area contributed by atoms with Gasteiger partial charge in [0.15, 0.2) is 11.7 Å². The lowest BCUT2D eigenvalue weighted by Crippen LogP contribution is -2.35. The van der Waals surface area contributed by atoms with Crippen LogP contribution in [0.5, 0.6) is 0 Å². The number of allylic oxidation sites excluding steroid dienone is 2. The maximum absolute atomic E-state index is 14.0. The minimum atomic E-state index is -0.815. The summed E-state index contributed by atoms with van der Waals surface area (Å²) in [5, 5.41) is 22.5. The number of hydrogen-bond acceptors (Lipinski definition) is 4. The average Bonchev–Trinajstić information content (AvgIpc) is 3.58. The molecule has 4 N–H and O–H groups in total. The largest absolute Gasteiger partial charge is 0.396 e. The maximum Gasteiger partial charge on any atom is 0.279 e. The predicted molar refractivity (Wildman–Crippen MR) is 135 cm³/mol. The molecule has 2 atom stereocenters. The lowest BCUT2D eigenvalue weighted by Gasteiger charge is -2.05. The number of aliphatic hydroxyl groups excluding tert-OH is 2. The molecule has 0 spiro atoms. The normalized spacial score (nSPS) is 17.9. The van der Waals surface area contributed by atoms with Gasteiger partial charge in [-0.2, -0.15) is 0 Å². The van der Waals surface area contributed by atoms with Crippen molar-refractivity contribution in [3.05, 3.63) is 23.8 Å². The van der Waals surface area contributed by atoms with Gasteiger partial charge in [-0.05, 0) is 57.1 Å². The summed E-state index contributed by atoms with van der Waals surface area (Å²) in [6.45, 7) is 0.477. The van der Waals surface area contributed by atoms with Crippen molar-refractivity contribution in [2.45, 2.75) is 121 Å². The second-order valence-corrected chi connectivity index (χ2v) is 9.47. The molecule has 6 nitrogen and oxygen atoms in total. The average molecular weight is 501 g/mol. The number of halogens is 2. The smallest absolute Gasteiger partial charge is 0.279 e. The van der Waals surface area contributed by atoms with E-state index < -0.39 is 23.5 Å². The van der Waals surface area contributed by atoms with Crippen molar-refractivity contribution in [2.75, 3.05) is 13.2 Å². The monoisotopic (exact) mass is 500 g/mol. The fourth-order valence-corrected chi connectivity index (χ4v) is 3.91. The van der Waals surface area contributed by atoms with Crippen LogP contribution in [0.1, 0.15) is 109 Å². The number of rotatable bonds is 22. The Morgan fingerprint density at radius 2 is 0.914 bits per heavy atom. The molecule has 0 aromatic rings. The van der Waals surface area contributed by atoms with E-state index in [1.54, 1.807) is 0 Å². The summed E-state index contributed by atoms with van der Waals surface area (Å²) in [6, 6.07) is -0.744. The molecule has 0 aromatic heterocycles. The fourth-order valence-electron chi connectivity index (χ4n) is 3.91. The van der Waals surface area contributed by atoms with Crippen molar-refractivity contribution in [3.8, 4) is 0 Å². The van der Waals surface area contributed by atoms with Crippen LogP contribution in [0.2, 0.25) is 0 Å². The van der Waals surface area contributed by atoms with E-state index in [1.807, 2.05) is 0 Å². The number of nitrogens with one attached hydrogen (secondary N) is 2. The molecule has 0 saturated heterocycles. The molecule has 0 unspecified atom stereocenters. The molecule has 1 fully saturated rings. The van der Waals surface area contributed by atoms with E-state index in [-0.39, 0.29) is 25.3 Å². The van der Waals surface area contributed by atoms with E-state index in [4.69, 9.17) is 10.2 Å². The molecule has 1 aliphatic rings. The molecule has 35 heavy (non-hydrogen) atoms. The highest BCUT2D eigenvalue weighted by Crippen LogP contribution is 2.23. The Balaban J connectivity index is 2.10. The van der Waals surface area contributed by atoms with Crippen molar-refractivity contribution in [1.82, 2.24) is 10.6 Å². The minimum Gasteiger partial charge on any atom is -0.396 e. The Labute approximate surface area is 209 Å². The number of aliphatic hydroxyl groups is 2. The zero-order chi connectivity index (χ0) is 25.7. The molecule has 1 aliphatic carbocycles. The third-order valence-corrected chi connectivity index (χ3v) is 6.23. The van der Waals surface area contributed by atoms with E-state index in [0.717, 1.165) is 89.9 Å². The molecule has 1 rings (SSSR count). The van der Waals surface area contributed by atoms with E-state index in [0.29, 0.717) is 19.3 Å². The van der Waals surface area contributed by atoms with Crippen LogP contribution in [0.4, 0.5) is 8.78 Å². The van der Waals surface area contributed by atoms with Crippen molar-refractivity contribution < 1.29 is 28.6 Å². The van der Waals surface area contributed by atoms with E-state index in [9.17, 15) is 18.4 Å². The number of carbonyl (C=O) groups excluding carboxylic acids is 2. The molecular weight excluding hydrogens is 454 g/mol. The van der Waals surface area contributed by atoms with Crippen molar-refractivity contribution in [3.63, 3.8) is 0 Å². The van der Waals surface area contributed by atoms with Gasteiger partial charge in [0.25, 0.3) is 11.8 Å². The van der Waals surface area contributed by atoms with E-state index in [1.165, 1.54) is 12.2 Å². The van der Waals surface area contributed by atoms with Crippen LogP contribution >= 0.6 is 0 Å². The molecule has 0 aromatic carbocycles. The molecule has 0 heterocycles. The number of hydrogen-bond donors (Lipinski definition) is 4. The second kappa shape index (κ2) is 20.4. The Morgan fingerprint density at radius 3 is 1.26 bits per heavy atom. The van der Waals surface area contributed by atoms with Crippen molar-refractivity contribution in [2.24, 2.45) is 0 Å². The molecule has 0 aliphatic heterocycles. The van der Waals surface area contributed by atoms with Crippen LogP contribution in [-0.4, -0.2) is 47.3 Å². The molecule has 2 amide bonds. The van der Waals surface area contributed by atoms with E-state index >= 15 is 0 Å². The minimum absolute atomic E-state index is 0.239. The second-order valence-electron chi connectivity index (χ2n) is 9.47. The topological polar surface area (TPSA) is 98.7 Å². The van der Waals surface area contributed by atoms with Crippen LogP contribution in [0, 0.1) is 0 Å². The third kappa shape index (κ3) is 16.5. The first kappa shape index (κ1) is 31.2. The molecule has 0 radical (unpaired) electrons. The van der Waals surface area contributed by atoms with E-state index in [2.05, 4.69) is 10.6 Å². The Morgan fingerprint density at radius 1 is 0.600 bits per heavy atom. The fraction of sp³-hybridized carbons (Fsp3) is 0.778. The van der Waals surface area contributed by atoms with Gasteiger partial charge < -0.3 is 20.8 Å². The van der Waals surface area contributed by atoms with Gasteiger partial charge in [-0.25, -0.2) is 8.78 Å². The first-order valence-electron chi connectivity index (χ1n) is 13.5. The van der Waals surface area contributed by atoms with Gasteiger partial charge >= 0.3 is 0 Å². The summed E-state index contributed by atoms with van der Waals surface area (Å²) in [4.78, 5) is 23.9. The quantitative estimate of drug-likeness (QED) is 0.120. The zero-order valence-corrected chi connectivity index (χ0v) is 21.2. The Bertz CT molecular complexity index is 601. The highest BCUT2D eigenvalue weighted by molar-refractivity contribution is 5.93. The molecule has 0 bridgehead atoms. The molecule has 1 saturated carbocycles. The summed E-state index contributed by atoms with van der Waals surface area (Å²) < 4.78 is 28.0. The van der Waals surface area contributed by atoms with Gasteiger partial charge in [-0.1, -0.05) is 64.2 Å². The lowest BCUT2D eigenvalue weighted by atomic mass is 10.1. The third-order valence-electron chi connectivity index (χ3n) is 6.23. The predicted octanol–water partition coefficient (Wildman–Crippen LogP) is 5.29. The Hall–Kier alpha value is -1.80. The van der Waals surface area contributed by atoms with Gasteiger partial charge in [0.05, 0.1) is 12.1 Å².